The number of carbonyl (C=O) groups excluding carboxylic acids is 1. The lowest BCUT2D eigenvalue weighted by Crippen LogP contribution is -2.47. The number of primary amides is 1. The van der Waals surface area contributed by atoms with Gasteiger partial charge in [0.2, 0.25) is 5.91 Å². The average Bonchev–Trinajstić information content (AvgIpc) is 2.55. The molecule has 0 aromatic heterocycles. The molecule has 21 heavy (non-hydrogen) atoms. The molecular weight excluding hydrogens is 312 g/mol. The van der Waals surface area contributed by atoms with Gasteiger partial charge in [0.15, 0.2) is 5.60 Å². The fourth-order valence-electron chi connectivity index (χ4n) is 1.53. The summed E-state index contributed by atoms with van der Waals surface area (Å²) in [4.78, 5) is 19.6. The van der Waals surface area contributed by atoms with Crippen molar-refractivity contribution in [2.45, 2.75) is 44.3 Å². The second-order valence-electron chi connectivity index (χ2n) is 4.55. The molecule has 1 fully saturated rings. The molecule has 1 aliphatic rings. The quantitative estimate of drug-likeness (QED) is 0.720. The summed E-state index contributed by atoms with van der Waals surface area (Å²) in [5.41, 5.74) is 2.64. The summed E-state index contributed by atoms with van der Waals surface area (Å²) in [6.45, 7) is 2.34. The molecular formula is C10H13F6NO4. The van der Waals surface area contributed by atoms with E-state index in [2.05, 4.69) is 4.74 Å². The average molecular weight is 325 g/mol. The van der Waals surface area contributed by atoms with Crippen molar-refractivity contribution in [1.29, 1.82) is 0 Å². The molecule has 0 spiro atoms. The van der Waals surface area contributed by atoms with E-state index in [0.29, 0.717) is 0 Å². The Morgan fingerprint density at radius 3 is 1.76 bits per heavy atom. The first-order valence-corrected chi connectivity index (χ1v) is 5.47. The number of halogens is 6. The maximum absolute atomic E-state index is 12.6. The van der Waals surface area contributed by atoms with Crippen LogP contribution < -0.4 is 5.73 Å². The number of hydrogen-bond donors (Lipinski definition) is 2. The minimum absolute atomic E-state index is 0.0192. The van der Waals surface area contributed by atoms with Crippen LogP contribution in [0.5, 0.6) is 0 Å². The molecule has 3 atom stereocenters. The van der Waals surface area contributed by atoms with Crippen LogP contribution in [0.3, 0.4) is 0 Å². The normalized spacial score (nSPS) is 29.5. The van der Waals surface area contributed by atoms with Crippen molar-refractivity contribution in [3.8, 4) is 0 Å². The molecule has 1 amide bonds. The van der Waals surface area contributed by atoms with Crippen molar-refractivity contribution in [3.05, 3.63) is 0 Å². The van der Waals surface area contributed by atoms with Gasteiger partial charge in [0, 0.05) is 0 Å². The van der Waals surface area contributed by atoms with E-state index in [9.17, 15) is 31.1 Å². The van der Waals surface area contributed by atoms with Crippen LogP contribution in [-0.2, 0) is 14.3 Å². The van der Waals surface area contributed by atoms with E-state index in [4.69, 9.17) is 15.6 Å². The van der Waals surface area contributed by atoms with E-state index in [0.717, 1.165) is 6.92 Å². The molecule has 3 unspecified atom stereocenters. The molecule has 0 aromatic rings. The van der Waals surface area contributed by atoms with Gasteiger partial charge in [-0.3, -0.25) is 4.79 Å². The van der Waals surface area contributed by atoms with E-state index in [-0.39, 0.29) is 6.42 Å². The molecule has 1 saturated heterocycles. The minimum atomic E-state index is -5.08. The van der Waals surface area contributed by atoms with Gasteiger partial charge >= 0.3 is 18.3 Å². The number of nitrogens with two attached hydrogens (primary N) is 1. The summed E-state index contributed by atoms with van der Waals surface area (Å²) in [6, 6.07) is 0. The Hall–Kier alpha value is -1.52. The Morgan fingerprint density at radius 2 is 1.62 bits per heavy atom. The number of ether oxygens (including phenoxy) is 1. The topological polar surface area (TPSA) is 89.6 Å². The Morgan fingerprint density at radius 1 is 1.24 bits per heavy atom. The van der Waals surface area contributed by atoms with Gasteiger partial charge in [-0.05, 0) is 19.3 Å². The Kier molecular flexibility index (Phi) is 5.64. The largest absolute Gasteiger partial charge is 0.490 e. The lowest BCUT2D eigenvalue weighted by Gasteiger charge is -2.30. The number of hydrogen-bond acceptors (Lipinski definition) is 3. The molecule has 1 heterocycles. The number of carboxylic acids is 1. The highest BCUT2D eigenvalue weighted by atomic mass is 19.4. The summed E-state index contributed by atoms with van der Waals surface area (Å²) in [7, 11) is 0. The van der Waals surface area contributed by atoms with Crippen LogP contribution in [0.4, 0.5) is 26.3 Å². The van der Waals surface area contributed by atoms with E-state index in [1.165, 1.54) is 6.92 Å². The number of carboxylic acid groups (broad SMARTS) is 1. The third-order valence-electron chi connectivity index (χ3n) is 3.02. The Bertz CT molecular complexity index is 407. The molecule has 0 aliphatic carbocycles. The van der Waals surface area contributed by atoms with Gasteiger partial charge in [0.05, 0.1) is 0 Å². The standard InChI is InChI=1S/C8H12F3NO2.C2HF3O2/c1-4-3-5(6(12)13)14-7(4,2)8(9,10)11;3-2(4,5)1(6)7/h4-5H,3H2,1-2H3,(H2,12,13);(H,6,7). The van der Waals surface area contributed by atoms with Crippen LogP contribution in [0, 0.1) is 5.92 Å². The highest BCUT2D eigenvalue weighted by molar-refractivity contribution is 5.79. The second-order valence-corrected chi connectivity index (χ2v) is 4.55. The van der Waals surface area contributed by atoms with Crippen molar-refractivity contribution >= 4 is 11.9 Å². The minimum Gasteiger partial charge on any atom is -0.475 e. The number of rotatable bonds is 1. The van der Waals surface area contributed by atoms with Crippen molar-refractivity contribution in [2.24, 2.45) is 11.7 Å². The van der Waals surface area contributed by atoms with Crippen LogP contribution >= 0.6 is 0 Å². The zero-order chi connectivity index (χ0) is 17.2. The molecule has 5 nitrogen and oxygen atoms in total. The number of amides is 1. The van der Waals surface area contributed by atoms with E-state index in [1.54, 1.807) is 0 Å². The first-order chi connectivity index (χ1) is 9.13. The molecule has 0 radical (unpaired) electrons. The lowest BCUT2D eigenvalue weighted by molar-refractivity contribution is -0.272. The van der Waals surface area contributed by atoms with E-state index >= 15 is 0 Å². The SMILES string of the molecule is CC1CC(C(N)=O)OC1(C)C(F)(F)F.O=C(O)C(F)(F)F. The van der Waals surface area contributed by atoms with Crippen LogP contribution in [0.25, 0.3) is 0 Å². The third-order valence-corrected chi connectivity index (χ3v) is 3.02. The van der Waals surface area contributed by atoms with Crippen molar-refractivity contribution in [3.63, 3.8) is 0 Å². The molecule has 0 bridgehead atoms. The zero-order valence-electron chi connectivity index (χ0n) is 10.9. The maximum Gasteiger partial charge on any atom is 0.490 e. The molecule has 0 saturated carbocycles. The van der Waals surface area contributed by atoms with Gasteiger partial charge in [0.1, 0.15) is 6.10 Å². The highest BCUT2D eigenvalue weighted by Gasteiger charge is 2.61. The molecule has 1 aliphatic heterocycles. The summed E-state index contributed by atoms with van der Waals surface area (Å²) >= 11 is 0. The maximum atomic E-state index is 12.6. The van der Waals surface area contributed by atoms with Crippen molar-refractivity contribution in [1.82, 2.24) is 0 Å². The van der Waals surface area contributed by atoms with Crippen molar-refractivity contribution in [2.75, 3.05) is 0 Å². The van der Waals surface area contributed by atoms with E-state index < -0.39 is 41.9 Å². The van der Waals surface area contributed by atoms with Crippen LogP contribution in [0.1, 0.15) is 20.3 Å². The fourth-order valence-corrected chi connectivity index (χ4v) is 1.53. The summed E-state index contributed by atoms with van der Waals surface area (Å²) in [6.07, 6.45) is -10.7. The molecule has 1 rings (SSSR count). The monoisotopic (exact) mass is 325 g/mol. The Labute approximate surface area is 115 Å². The fraction of sp³-hybridized carbons (Fsp3) is 0.800. The number of aliphatic carboxylic acids is 1. The third kappa shape index (κ3) is 4.76. The van der Waals surface area contributed by atoms with Gasteiger partial charge in [-0.15, -0.1) is 0 Å². The summed E-state index contributed by atoms with van der Waals surface area (Å²) in [5, 5.41) is 7.12. The first-order valence-electron chi connectivity index (χ1n) is 5.47. The van der Waals surface area contributed by atoms with Gasteiger partial charge in [-0.25, -0.2) is 4.79 Å². The molecule has 3 N–H and O–H groups in total. The second kappa shape index (κ2) is 6.08. The molecule has 124 valence electrons. The molecule has 11 heteroatoms. The van der Waals surface area contributed by atoms with Crippen LogP contribution in [0.15, 0.2) is 0 Å². The smallest absolute Gasteiger partial charge is 0.475 e. The van der Waals surface area contributed by atoms with Crippen LogP contribution in [-0.4, -0.2) is 41.0 Å². The highest BCUT2D eigenvalue weighted by Crippen LogP contribution is 2.46. The summed E-state index contributed by atoms with van der Waals surface area (Å²) < 4.78 is 74.1. The van der Waals surface area contributed by atoms with Gasteiger partial charge < -0.3 is 15.6 Å². The van der Waals surface area contributed by atoms with Gasteiger partial charge in [-0.1, -0.05) is 6.92 Å². The van der Waals surface area contributed by atoms with E-state index in [1.807, 2.05) is 0 Å². The van der Waals surface area contributed by atoms with Crippen molar-refractivity contribution < 1.29 is 45.8 Å². The molecule has 0 aromatic carbocycles. The first kappa shape index (κ1) is 19.5. The van der Waals surface area contributed by atoms with Gasteiger partial charge in [0.25, 0.3) is 0 Å². The predicted octanol–water partition coefficient (Wildman–Crippen LogP) is 1.85. The summed E-state index contributed by atoms with van der Waals surface area (Å²) in [5.74, 6) is -4.36. The number of carbonyl (C=O) groups is 2. The van der Waals surface area contributed by atoms with Gasteiger partial charge in [-0.2, -0.15) is 26.3 Å². The lowest BCUT2D eigenvalue weighted by atomic mass is 9.89. The predicted molar refractivity (Wildman–Crippen MR) is 56.0 cm³/mol. The van der Waals surface area contributed by atoms with Crippen LogP contribution in [0.2, 0.25) is 0 Å². The number of alkyl halides is 6. The Balaban J connectivity index is 0.000000486. The zero-order valence-corrected chi connectivity index (χ0v) is 10.9.